The van der Waals surface area contributed by atoms with Crippen molar-refractivity contribution in [2.75, 3.05) is 26.3 Å². The van der Waals surface area contributed by atoms with Crippen molar-refractivity contribution in [2.45, 2.75) is 77.9 Å². The largest absolute Gasteiger partial charge is 0.464 e. The Labute approximate surface area is 216 Å². The maximum Gasteiger partial charge on any atom is 0.410 e. The summed E-state index contributed by atoms with van der Waals surface area (Å²) in [5, 5.41) is 0. The van der Waals surface area contributed by atoms with Gasteiger partial charge in [0.15, 0.2) is 0 Å². The summed E-state index contributed by atoms with van der Waals surface area (Å²) in [6.07, 6.45) is 4.86. The zero-order valence-electron chi connectivity index (χ0n) is 22.4. The lowest BCUT2D eigenvalue weighted by Crippen LogP contribution is -2.44. The van der Waals surface area contributed by atoms with Gasteiger partial charge in [-0.1, -0.05) is 60.7 Å². The Balaban J connectivity index is 1.72. The van der Waals surface area contributed by atoms with Crippen LogP contribution in [0.2, 0.25) is 0 Å². The first kappa shape index (κ1) is 29.4. The second-order valence-corrected chi connectivity index (χ2v) is 10.1. The van der Waals surface area contributed by atoms with E-state index in [4.69, 9.17) is 14.2 Å². The lowest BCUT2D eigenvalue weighted by Gasteiger charge is -2.28. The van der Waals surface area contributed by atoms with Crippen LogP contribution >= 0.6 is 0 Å². The van der Waals surface area contributed by atoms with Crippen LogP contribution < -0.4 is 0 Å². The van der Waals surface area contributed by atoms with Gasteiger partial charge in [-0.3, -0.25) is 9.69 Å². The Morgan fingerprint density at radius 1 is 0.806 bits per heavy atom. The summed E-state index contributed by atoms with van der Waals surface area (Å²) in [6, 6.07) is 20.6. The first-order valence-corrected chi connectivity index (χ1v) is 13.1. The van der Waals surface area contributed by atoms with E-state index in [9.17, 15) is 9.59 Å². The van der Waals surface area contributed by atoms with Crippen molar-refractivity contribution >= 4 is 12.1 Å². The van der Waals surface area contributed by atoms with Crippen LogP contribution in [0.15, 0.2) is 60.7 Å². The summed E-state index contributed by atoms with van der Waals surface area (Å²) in [5.74, 6) is -0.435. The van der Waals surface area contributed by atoms with Crippen molar-refractivity contribution < 1.29 is 23.8 Å². The Morgan fingerprint density at radius 2 is 1.33 bits per heavy atom. The van der Waals surface area contributed by atoms with Gasteiger partial charge in [-0.05, 0) is 77.3 Å². The van der Waals surface area contributed by atoms with Gasteiger partial charge in [0.25, 0.3) is 0 Å². The van der Waals surface area contributed by atoms with Gasteiger partial charge in [0.05, 0.1) is 19.3 Å². The van der Waals surface area contributed by atoms with E-state index in [0.29, 0.717) is 13.2 Å². The van der Waals surface area contributed by atoms with Crippen LogP contribution in [0.4, 0.5) is 4.79 Å². The summed E-state index contributed by atoms with van der Waals surface area (Å²) in [5.41, 5.74) is 1.94. The summed E-state index contributed by atoms with van der Waals surface area (Å²) in [7, 11) is 0. The predicted molar refractivity (Wildman–Crippen MR) is 143 cm³/mol. The van der Waals surface area contributed by atoms with Gasteiger partial charge < -0.3 is 14.2 Å². The third-order valence-electron chi connectivity index (χ3n) is 5.52. The van der Waals surface area contributed by atoms with Crippen molar-refractivity contribution in [1.29, 1.82) is 0 Å². The molecule has 36 heavy (non-hydrogen) atoms. The molecule has 0 aliphatic rings. The van der Waals surface area contributed by atoms with Crippen molar-refractivity contribution in [1.82, 2.24) is 4.90 Å². The standard InChI is InChI=1S/C30H43NO5/c1-25(34-21-13-11-19-26-15-7-5-8-16-26)23-31(29(33)36-30(2,3)4)24-28(32)35-22-14-12-20-27-17-9-6-10-18-27/h5-10,15-18,25H,11-14,19-24H2,1-4H3. The number of hydrogen-bond acceptors (Lipinski definition) is 5. The SMILES string of the molecule is CC(CN(CC(=O)OCCCCc1ccccc1)C(=O)OC(C)(C)C)OCCCCc1ccccc1. The molecule has 1 amide bonds. The highest BCUT2D eigenvalue weighted by atomic mass is 16.6. The molecule has 0 heterocycles. The van der Waals surface area contributed by atoms with Crippen LogP contribution in [-0.4, -0.2) is 55.0 Å². The van der Waals surface area contributed by atoms with Gasteiger partial charge in [-0.2, -0.15) is 0 Å². The summed E-state index contributed by atoms with van der Waals surface area (Å²) < 4.78 is 16.8. The summed E-state index contributed by atoms with van der Waals surface area (Å²) in [6.45, 7) is 8.36. The zero-order chi connectivity index (χ0) is 26.2. The molecule has 0 aliphatic carbocycles. The topological polar surface area (TPSA) is 65.1 Å². The molecule has 6 heteroatoms. The number of carbonyl (C=O) groups is 2. The number of carbonyl (C=O) groups excluding carboxylic acids is 2. The van der Waals surface area contributed by atoms with Gasteiger partial charge in [0.2, 0.25) is 0 Å². The van der Waals surface area contributed by atoms with E-state index in [-0.39, 0.29) is 19.2 Å². The average molecular weight is 498 g/mol. The zero-order valence-corrected chi connectivity index (χ0v) is 22.4. The van der Waals surface area contributed by atoms with Crippen molar-refractivity contribution in [3.05, 3.63) is 71.8 Å². The molecule has 0 aliphatic heterocycles. The third kappa shape index (κ3) is 13.3. The van der Waals surface area contributed by atoms with E-state index in [2.05, 4.69) is 36.4 Å². The molecule has 0 saturated carbocycles. The maximum absolute atomic E-state index is 12.7. The first-order chi connectivity index (χ1) is 17.2. The number of benzene rings is 2. The van der Waals surface area contributed by atoms with Crippen molar-refractivity contribution in [3.8, 4) is 0 Å². The molecular weight excluding hydrogens is 454 g/mol. The minimum Gasteiger partial charge on any atom is -0.464 e. The highest BCUT2D eigenvalue weighted by Crippen LogP contribution is 2.12. The first-order valence-electron chi connectivity index (χ1n) is 13.1. The number of unbranched alkanes of at least 4 members (excludes halogenated alkanes) is 2. The normalized spacial score (nSPS) is 12.1. The second kappa shape index (κ2) is 16.0. The molecular formula is C30H43NO5. The molecule has 1 atom stereocenters. The Hall–Kier alpha value is -2.86. The average Bonchev–Trinajstić information content (AvgIpc) is 2.83. The van der Waals surface area contributed by atoms with Crippen LogP contribution in [0, 0.1) is 0 Å². The van der Waals surface area contributed by atoms with E-state index >= 15 is 0 Å². The van der Waals surface area contributed by atoms with E-state index in [1.54, 1.807) is 20.8 Å². The highest BCUT2D eigenvalue weighted by Gasteiger charge is 2.26. The Kier molecular flexibility index (Phi) is 13.1. The van der Waals surface area contributed by atoms with Gasteiger partial charge in [-0.15, -0.1) is 0 Å². The lowest BCUT2D eigenvalue weighted by atomic mass is 10.1. The number of nitrogens with zero attached hydrogens (tertiary/aromatic N) is 1. The minimum absolute atomic E-state index is 0.157. The molecule has 0 saturated heterocycles. The molecule has 198 valence electrons. The number of rotatable bonds is 15. The predicted octanol–water partition coefficient (Wildman–Crippen LogP) is 6.22. The van der Waals surface area contributed by atoms with Crippen LogP contribution in [0.1, 0.15) is 64.5 Å². The monoisotopic (exact) mass is 497 g/mol. The molecule has 0 aromatic heterocycles. The molecule has 0 bridgehead atoms. The van der Waals surface area contributed by atoms with Gasteiger partial charge >= 0.3 is 12.1 Å². The number of esters is 1. The molecule has 6 nitrogen and oxygen atoms in total. The van der Waals surface area contributed by atoms with E-state index in [1.165, 1.54) is 16.0 Å². The summed E-state index contributed by atoms with van der Waals surface area (Å²) >= 11 is 0. The number of ether oxygens (including phenoxy) is 3. The molecule has 2 aromatic rings. The van der Waals surface area contributed by atoms with Crippen molar-refractivity contribution in [2.24, 2.45) is 0 Å². The molecule has 1 unspecified atom stereocenters. The van der Waals surface area contributed by atoms with Crippen molar-refractivity contribution in [3.63, 3.8) is 0 Å². The van der Waals surface area contributed by atoms with E-state index in [0.717, 1.165) is 38.5 Å². The molecule has 0 radical (unpaired) electrons. The molecule has 2 aromatic carbocycles. The maximum atomic E-state index is 12.7. The number of hydrogen-bond donors (Lipinski definition) is 0. The molecule has 0 N–H and O–H groups in total. The summed E-state index contributed by atoms with van der Waals surface area (Å²) in [4.78, 5) is 26.6. The molecule has 0 fully saturated rings. The van der Waals surface area contributed by atoms with Gasteiger partial charge in [0.1, 0.15) is 12.1 Å². The Morgan fingerprint density at radius 3 is 1.86 bits per heavy atom. The van der Waals surface area contributed by atoms with Gasteiger partial charge in [-0.25, -0.2) is 4.79 Å². The fourth-order valence-corrected chi connectivity index (χ4v) is 3.72. The van der Waals surface area contributed by atoms with Crippen LogP contribution in [0.5, 0.6) is 0 Å². The number of aryl methyl sites for hydroxylation is 2. The Bertz CT molecular complexity index is 879. The third-order valence-corrected chi connectivity index (χ3v) is 5.52. The van der Waals surface area contributed by atoms with E-state index in [1.807, 2.05) is 31.2 Å². The van der Waals surface area contributed by atoms with Gasteiger partial charge in [0, 0.05) is 6.61 Å². The van der Waals surface area contributed by atoms with E-state index < -0.39 is 17.7 Å². The second-order valence-electron chi connectivity index (χ2n) is 10.1. The molecule has 2 rings (SSSR count). The minimum atomic E-state index is -0.655. The fourth-order valence-electron chi connectivity index (χ4n) is 3.72. The smallest absolute Gasteiger partial charge is 0.410 e. The quantitative estimate of drug-likeness (QED) is 0.216. The van der Waals surface area contributed by atoms with Crippen LogP contribution in [0.3, 0.4) is 0 Å². The van der Waals surface area contributed by atoms with Crippen LogP contribution in [0.25, 0.3) is 0 Å². The van der Waals surface area contributed by atoms with Crippen LogP contribution in [-0.2, 0) is 31.8 Å². The lowest BCUT2D eigenvalue weighted by molar-refractivity contribution is -0.145. The molecule has 0 spiro atoms. The fraction of sp³-hybridized carbons (Fsp3) is 0.533. The number of amides is 1. The highest BCUT2D eigenvalue weighted by molar-refractivity contribution is 5.78.